The molecule has 0 heterocycles. The molecule has 0 aromatic carbocycles. The summed E-state index contributed by atoms with van der Waals surface area (Å²) in [4.78, 5) is 11.4. The molecule has 2 N–H and O–H groups in total. The van der Waals surface area contributed by atoms with Gasteiger partial charge in [0.15, 0.2) is 0 Å². The summed E-state index contributed by atoms with van der Waals surface area (Å²) in [5, 5.41) is 6.58. The summed E-state index contributed by atoms with van der Waals surface area (Å²) in [6.45, 7) is 14.9. The lowest BCUT2D eigenvalue weighted by molar-refractivity contribution is -0.124. The average Bonchev–Trinajstić information content (AvgIpc) is 2.35. The maximum atomic E-state index is 11.4. The van der Waals surface area contributed by atoms with Crippen molar-refractivity contribution in [2.24, 2.45) is 17.8 Å². The van der Waals surface area contributed by atoms with E-state index in [1.54, 1.807) is 0 Å². The lowest BCUT2D eigenvalue weighted by atomic mass is 9.99. The van der Waals surface area contributed by atoms with Crippen LogP contribution < -0.4 is 10.6 Å². The van der Waals surface area contributed by atoms with Crippen molar-refractivity contribution in [3.63, 3.8) is 0 Å². The molecule has 2 atom stereocenters. The van der Waals surface area contributed by atoms with E-state index in [2.05, 4.69) is 38.3 Å². The topological polar surface area (TPSA) is 41.1 Å². The van der Waals surface area contributed by atoms with Gasteiger partial charge in [0.2, 0.25) is 5.91 Å². The molecule has 3 heteroatoms. The third-order valence-electron chi connectivity index (χ3n) is 3.77. The van der Waals surface area contributed by atoms with Gasteiger partial charge in [0.1, 0.15) is 0 Å². The standard InChI is InChI=1S/C17H36N2O/c1-13(2)9-11-18-16(6)8-7-15(5)10-12-19-17(20)14(3)4/h13-16,18H,7-12H2,1-6H3,(H,19,20). The van der Waals surface area contributed by atoms with E-state index in [0.717, 1.165) is 25.4 Å². The van der Waals surface area contributed by atoms with Crippen molar-refractivity contribution in [3.05, 3.63) is 0 Å². The summed E-state index contributed by atoms with van der Waals surface area (Å²) < 4.78 is 0. The number of hydrogen-bond donors (Lipinski definition) is 2. The predicted molar refractivity (Wildman–Crippen MR) is 87.8 cm³/mol. The van der Waals surface area contributed by atoms with E-state index in [1.807, 2.05) is 13.8 Å². The number of carbonyl (C=O) groups is 1. The Morgan fingerprint density at radius 2 is 1.50 bits per heavy atom. The van der Waals surface area contributed by atoms with E-state index in [1.165, 1.54) is 19.3 Å². The molecule has 0 saturated heterocycles. The number of amides is 1. The van der Waals surface area contributed by atoms with Crippen LogP contribution in [-0.2, 0) is 4.79 Å². The SMILES string of the molecule is CC(C)CCNC(C)CCC(C)CCNC(=O)C(C)C. The molecule has 0 fully saturated rings. The van der Waals surface area contributed by atoms with Gasteiger partial charge < -0.3 is 10.6 Å². The first-order valence-corrected chi connectivity index (χ1v) is 8.34. The van der Waals surface area contributed by atoms with Crippen LogP contribution in [0.4, 0.5) is 0 Å². The van der Waals surface area contributed by atoms with Crippen molar-refractivity contribution in [2.45, 2.75) is 73.3 Å². The van der Waals surface area contributed by atoms with Crippen molar-refractivity contribution in [2.75, 3.05) is 13.1 Å². The molecule has 120 valence electrons. The van der Waals surface area contributed by atoms with Crippen LogP contribution in [0.2, 0.25) is 0 Å². The molecular formula is C17H36N2O. The highest BCUT2D eigenvalue weighted by Gasteiger charge is 2.09. The van der Waals surface area contributed by atoms with E-state index in [4.69, 9.17) is 0 Å². The minimum absolute atomic E-state index is 0.0930. The fraction of sp³-hybridized carbons (Fsp3) is 0.941. The molecule has 0 aliphatic carbocycles. The van der Waals surface area contributed by atoms with Crippen molar-refractivity contribution >= 4 is 5.91 Å². The molecule has 3 nitrogen and oxygen atoms in total. The molecule has 0 aliphatic rings. The lowest BCUT2D eigenvalue weighted by Gasteiger charge is -2.18. The number of hydrogen-bond acceptors (Lipinski definition) is 2. The molecule has 0 saturated carbocycles. The van der Waals surface area contributed by atoms with Crippen LogP contribution >= 0.6 is 0 Å². The Bertz CT molecular complexity index is 251. The Balaban J connectivity index is 3.56. The Morgan fingerprint density at radius 3 is 2.05 bits per heavy atom. The van der Waals surface area contributed by atoms with Crippen molar-refractivity contribution in [3.8, 4) is 0 Å². The molecule has 0 radical (unpaired) electrons. The summed E-state index contributed by atoms with van der Waals surface area (Å²) in [5.41, 5.74) is 0. The van der Waals surface area contributed by atoms with Crippen LogP contribution in [-0.4, -0.2) is 25.0 Å². The summed E-state index contributed by atoms with van der Waals surface area (Å²) in [6, 6.07) is 0.599. The minimum atomic E-state index is 0.0930. The lowest BCUT2D eigenvalue weighted by Crippen LogP contribution is -2.30. The van der Waals surface area contributed by atoms with Gasteiger partial charge in [0, 0.05) is 18.5 Å². The predicted octanol–water partition coefficient (Wildman–Crippen LogP) is 3.59. The molecule has 0 aliphatic heterocycles. The fourth-order valence-corrected chi connectivity index (χ4v) is 2.05. The van der Waals surface area contributed by atoms with E-state index in [0.29, 0.717) is 12.0 Å². The molecule has 0 rings (SSSR count). The molecule has 0 spiro atoms. The van der Waals surface area contributed by atoms with Crippen LogP contribution in [0.25, 0.3) is 0 Å². The summed E-state index contributed by atoms with van der Waals surface area (Å²) in [7, 11) is 0. The van der Waals surface area contributed by atoms with Crippen molar-refractivity contribution in [1.29, 1.82) is 0 Å². The first-order chi connectivity index (χ1) is 9.32. The van der Waals surface area contributed by atoms with Crippen LogP contribution in [0.15, 0.2) is 0 Å². The Kier molecular flexibility index (Phi) is 10.8. The molecule has 20 heavy (non-hydrogen) atoms. The number of nitrogens with one attached hydrogen (secondary N) is 2. The fourth-order valence-electron chi connectivity index (χ4n) is 2.05. The molecule has 0 aromatic heterocycles. The van der Waals surface area contributed by atoms with Gasteiger partial charge in [-0.25, -0.2) is 0 Å². The summed E-state index contributed by atoms with van der Waals surface area (Å²) >= 11 is 0. The molecule has 2 unspecified atom stereocenters. The van der Waals surface area contributed by atoms with Crippen LogP contribution in [0.5, 0.6) is 0 Å². The van der Waals surface area contributed by atoms with Gasteiger partial charge in [-0.3, -0.25) is 4.79 Å². The second-order valence-corrected chi connectivity index (χ2v) is 6.95. The van der Waals surface area contributed by atoms with E-state index in [9.17, 15) is 4.79 Å². The maximum absolute atomic E-state index is 11.4. The quantitative estimate of drug-likeness (QED) is 0.609. The van der Waals surface area contributed by atoms with Crippen molar-refractivity contribution in [1.82, 2.24) is 10.6 Å². The normalized spacial score (nSPS) is 14.6. The van der Waals surface area contributed by atoms with Gasteiger partial charge in [-0.05, 0) is 51.0 Å². The van der Waals surface area contributed by atoms with Crippen LogP contribution in [0, 0.1) is 17.8 Å². The maximum Gasteiger partial charge on any atom is 0.222 e. The largest absolute Gasteiger partial charge is 0.356 e. The average molecular weight is 284 g/mol. The Labute approximate surface area is 126 Å². The third-order valence-corrected chi connectivity index (χ3v) is 3.77. The second kappa shape index (κ2) is 11.1. The Hall–Kier alpha value is -0.570. The van der Waals surface area contributed by atoms with Crippen LogP contribution in [0.1, 0.15) is 67.2 Å². The highest BCUT2D eigenvalue weighted by atomic mass is 16.1. The third kappa shape index (κ3) is 11.3. The van der Waals surface area contributed by atoms with Gasteiger partial charge in [-0.1, -0.05) is 34.6 Å². The van der Waals surface area contributed by atoms with Gasteiger partial charge in [-0.15, -0.1) is 0 Å². The van der Waals surface area contributed by atoms with Gasteiger partial charge >= 0.3 is 0 Å². The Morgan fingerprint density at radius 1 is 0.850 bits per heavy atom. The van der Waals surface area contributed by atoms with Gasteiger partial charge in [0.25, 0.3) is 0 Å². The zero-order chi connectivity index (χ0) is 15.5. The highest BCUT2D eigenvalue weighted by molar-refractivity contribution is 5.77. The highest BCUT2D eigenvalue weighted by Crippen LogP contribution is 2.11. The second-order valence-electron chi connectivity index (χ2n) is 6.95. The molecule has 1 amide bonds. The first-order valence-electron chi connectivity index (χ1n) is 8.34. The molecule has 0 aromatic rings. The van der Waals surface area contributed by atoms with E-state index >= 15 is 0 Å². The monoisotopic (exact) mass is 284 g/mol. The van der Waals surface area contributed by atoms with Gasteiger partial charge in [0.05, 0.1) is 0 Å². The minimum Gasteiger partial charge on any atom is -0.356 e. The number of rotatable bonds is 11. The molecule has 0 bridgehead atoms. The first kappa shape index (κ1) is 19.4. The molecular weight excluding hydrogens is 248 g/mol. The number of carbonyl (C=O) groups excluding carboxylic acids is 1. The van der Waals surface area contributed by atoms with E-state index < -0.39 is 0 Å². The van der Waals surface area contributed by atoms with Crippen LogP contribution in [0.3, 0.4) is 0 Å². The summed E-state index contributed by atoms with van der Waals surface area (Å²) in [6.07, 6.45) is 4.78. The smallest absolute Gasteiger partial charge is 0.222 e. The zero-order valence-electron chi connectivity index (χ0n) is 14.5. The van der Waals surface area contributed by atoms with E-state index in [-0.39, 0.29) is 11.8 Å². The van der Waals surface area contributed by atoms with Crippen molar-refractivity contribution < 1.29 is 4.79 Å². The zero-order valence-corrected chi connectivity index (χ0v) is 14.5. The summed E-state index contributed by atoms with van der Waals surface area (Å²) in [5.74, 6) is 1.71. The van der Waals surface area contributed by atoms with Gasteiger partial charge in [-0.2, -0.15) is 0 Å².